The highest BCUT2D eigenvalue weighted by molar-refractivity contribution is 6.33. The van der Waals surface area contributed by atoms with Gasteiger partial charge >= 0.3 is 6.03 Å². The summed E-state index contributed by atoms with van der Waals surface area (Å²) in [6, 6.07) is 6.91. The lowest BCUT2D eigenvalue weighted by Gasteiger charge is -2.53. The molecule has 116 valence electrons. The highest BCUT2D eigenvalue weighted by Gasteiger charge is 2.50. The van der Waals surface area contributed by atoms with Gasteiger partial charge in [-0.3, -0.25) is 4.90 Å². The summed E-state index contributed by atoms with van der Waals surface area (Å²) in [6.07, 6.45) is 1.32. The van der Waals surface area contributed by atoms with Gasteiger partial charge in [-0.2, -0.15) is 0 Å². The molecule has 1 atom stereocenters. The Morgan fingerprint density at radius 1 is 1.29 bits per heavy atom. The highest BCUT2D eigenvalue weighted by Crippen LogP contribution is 2.40. The quantitative estimate of drug-likeness (QED) is 0.921. The van der Waals surface area contributed by atoms with Crippen molar-refractivity contribution in [2.45, 2.75) is 51.8 Å². The fourth-order valence-electron chi connectivity index (χ4n) is 3.20. The maximum atomic E-state index is 12.9. The second kappa shape index (κ2) is 5.50. The molecule has 1 aliphatic rings. The van der Waals surface area contributed by atoms with Gasteiger partial charge in [0, 0.05) is 18.5 Å². The standard InChI is InChI=1S/C16H23ClN2O2/c1-5-10-18-14(20)19(13-9-7-6-8-12(13)17)16(4,21)11-15(18,2)3/h6-9,21H,5,10-11H2,1-4H3/t16-/m0/s1. The van der Waals surface area contributed by atoms with Gasteiger partial charge < -0.3 is 10.0 Å². The lowest BCUT2D eigenvalue weighted by Crippen LogP contribution is -2.68. The van der Waals surface area contributed by atoms with Gasteiger partial charge in [0.15, 0.2) is 0 Å². The van der Waals surface area contributed by atoms with Crippen molar-refractivity contribution in [3.05, 3.63) is 29.3 Å². The van der Waals surface area contributed by atoms with Crippen molar-refractivity contribution >= 4 is 23.3 Å². The third-order valence-corrected chi connectivity index (χ3v) is 4.26. The van der Waals surface area contributed by atoms with Crippen molar-refractivity contribution in [2.75, 3.05) is 11.4 Å². The molecule has 0 aliphatic carbocycles. The lowest BCUT2D eigenvalue weighted by molar-refractivity contribution is -0.0252. The van der Waals surface area contributed by atoms with Crippen LogP contribution in [0.5, 0.6) is 0 Å². The predicted molar refractivity (Wildman–Crippen MR) is 85.6 cm³/mol. The van der Waals surface area contributed by atoms with Crippen LogP contribution in [0.4, 0.5) is 10.5 Å². The van der Waals surface area contributed by atoms with Crippen LogP contribution in [0.2, 0.25) is 5.02 Å². The summed E-state index contributed by atoms with van der Waals surface area (Å²) in [5, 5.41) is 11.3. The maximum Gasteiger partial charge on any atom is 0.327 e. The number of aliphatic hydroxyl groups is 1. The minimum atomic E-state index is -1.27. The van der Waals surface area contributed by atoms with E-state index >= 15 is 0 Å². The molecule has 5 heteroatoms. The highest BCUT2D eigenvalue weighted by atomic mass is 35.5. The van der Waals surface area contributed by atoms with Crippen molar-refractivity contribution in [2.24, 2.45) is 0 Å². The van der Waals surface area contributed by atoms with Crippen molar-refractivity contribution in [3.63, 3.8) is 0 Å². The largest absolute Gasteiger partial charge is 0.371 e. The monoisotopic (exact) mass is 310 g/mol. The molecule has 1 aromatic rings. The molecule has 0 unspecified atom stereocenters. The summed E-state index contributed by atoms with van der Waals surface area (Å²) in [5.74, 6) is 0. The van der Waals surface area contributed by atoms with E-state index in [-0.39, 0.29) is 6.03 Å². The first kappa shape index (κ1) is 16.1. The zero-order valence-corrected chi connectivity index (χ0v) is 13.8. The van der Waals surface area contributed by atoms with Crippen LogP contribution in [-0.4, -0.2) is 33.8 Å². The Balaban J connectivity index is 2.49. The fourth-order valence-corrected chi connectivity index (χ4v) is 3.42. The van der Waals surface area contributed by atoms with E-state index in [1.807, 2.05) is 37.8 Å². The molecule has 1 aromatic carbocycles. The fraction of sp³-hybridized carbons (Fsp3) is 0.562. The third-order valence-electron chi connectivity index (χ3n) is 3.94. The lowest BCUT2D eigenvalue weighted by atomic mass is 9.87. The summed E-state index contributed by atoms with van der Waals surface area (Å²) in [6.45, 7) is 8.33. The average molecular weight is 311 g/mol. The van der Waals surface area contributed by atoms with Crippen molar-refractivity contribution < 1.29 is 9.90 Å². The first-order valence-corrected chi connectivity index (χ1v) is 7.67. The number of amides is 2. The Bertz CT molecular complexity index is 543. The van der Waals surface area contributed by atoms with Gasteiger partial charge in [0.25, 0.3) is 0 Å². The number of halogens is 1. The van der Waals surface area contributed by atoms with E-state index in [1.54, 1.807) is 19.1 Å². The van der Waals surface area contributed by atoms with E-state index in [2.05, 4.69) is 0 Å². The molecular formula is C16H23ClN2O2. The first-order valence-electron chi connectivity index (χ1n) is 7.29. The molecule has 0 radical (unpaired) electrons. The molecule has 1 N–H and O–H groups in total. The number of hydrogen-bond acceptors (Lipinski definition) is 2. The van der Waals surface area contributed by atoms with Crippen LogP contribution in [0.25, 0.3) is 0 Å². The van der Waals surface area contributed by atoms with E-state index in [0.29, 0.717) is 23.7 Å². The number of carbonyl (C=O) groups excluding carboxylic acids is 1. The molecular weight excluding hydrogens is 288 g/mol. The topological polar surface area (TPSA) is 43.8 Å². The molecule has 1 fully saturated rings. The van der Waals surface area contributed by atoms with Crippen LogP contribution >= 0.6 is 11.6 Å². The normalized spacial score (nSPS) is 25.3. The van der Waals surface area contributed by atoms with Gasteiger partial charge in [0.05, 0.1) is 10.7 Å². The number of rotatable bonds is 3. The van der Waals surface area contributed by atoms with E-state index in [1.165, 1.54) is 4.90 Å². The Kier molecular flexibility index (Phi) is 4.22. The Morgan fingerprint density at radius 3 is 2.48 bits per heavy atom. The zero-order chi connectivity index (χ0) is 15.8. The van der Waals surface area contributed by atoms with Gasteiger partial charge in [-0.1, -0.05) is 30.7 Å². The van der Waals surface area contributed by atoms with Crippen LogP contribution < -0.4 is 4.90 Å². The van der Waals surface area contributed by atoms with Gasteiger partial charge in [-0.15, -0.1) is 0 Å². The molecule has 0 aromatic heterocycles. The molecule has 4 nitrogen and oxygen atoms in total. The molecule has 2 rings (SSSR count). The smallest absolute Gasteiger partial charge is 0.327 e. The molecule has 21 heavy (non-hydrogen) atoms. The Labute approximate surface area is 131 Å². The van der Waals surface area contributed by atoms with Crippen LogP contribution in [0, 0.1) is 0 Å². The number of nitrogens with zero attached hydrogens (tertiary/aromatic N) is 2. The Morgan fingerprint density at radius 2 is 1.90 bits per heavy atom. The van der Waals surface area contributed by atoms with Crippen LogP contribution in [0.3, 0.4) is 0 Å². The van der Waals surface area contributed by atoms with Gasteiger partial charge in [-0.05, 0) is 39.3 Å². The predicted octanol–water partition coefficient (Wildman–Crippen LogP) is 3.87. The molecule has 1 aliphatic heterocycles. The molecule has 1 saturated heterocycles. The summed E-state index contributed by atoms with van der Waals surface area (Å²) in [4.78, 5) is 16.2. The van der Waals surface area contributed by atoms with E-state index in [9.17, 15) is 9.90 Å². The summed E-state index contributed by atoms with van der Waals surface area (Å²) < 4.78 is 0. The molecule has 0 saturated carbocycles. The van der Waals surface area contributed by atoms with Crippen LogP contribution in [0.1, 0.15) is 40.5 Å². The number of para-hydroxylation sites is 1. The zero-order valence-electron chi connectivity index (χ0n) is 13.1. The second-order valence-corrected chi connectivity index (χ2v) is 6.83. The minimum Gasteiger partial charge on any atom is -0.371 e. The van der Waals surface area contributed by atoms with Crippen LogP contribution in [-0.2, 0) is 0 Å². The summed E-state index contributed by atoms with van der Waals surface area (Å²) in [5.41, 5.74) is -1.12. The maximum absolute atomic E-state index is 12.9. The average Bonchev–Trinajstić information content (AvgIpc) is 2.35. The number of anilines is 1. The van der Waals surface area contributed by atoms with Crippen molar-refractivity contribution in [3.8, 4) is 0 Å². The van der Waals surface area contributed by atoms with E-state index in [0.717, 1.165) is 6.42 Å². The van der Waals surface area contributed by atoms with Gasteiger partial charge in [0.1, 0.15) is 5.72 Å². The molecule has 0 bridgehead atoms. The van der Waals surface area contributed by atoms with Gasteiger partial charge in [0.2, 0.25) is 0 Å². The summed E-state index contributed by atoms with van der Waals surface area (Å²) >= 11 is 6.22. The van der Waals surface area contributed by atoms with Crippen molar-refractivity contribution in [1.82, 2.24) is 4.90 Å². The SMILES string of the molecule is CCCN1C(=O)N(c2ccccc2Cl)[C@@](C)(O)CC1(C)C. The number of hydrogen-bond donors (Lipinski definition) is 1. The minimum absolute atomic E-state index is 0.203. The molecule has 2 amide bonds. The van der Waals surface area contributed by atoms with Crippen LogP contribution in [0.15, 0.2) is 24.3 Å². The van der Waals surface area contributed by atoms with Gasteiger partial charge in [-0.25, -0.2) is 4.79 Å². The molecule has 1 heterocycles. The molecule has 0 spiro atoms. The van der Waals surface area contributed by atoms with E-state index in [4.69, 9.17) is 11.6 Å². The second-order valence-electron chi connectivity index (χ2n) is 6.43. The number of benzene rings is 1. The summed E-state index contributed by atoms with van der Waals surface area (Å²) in [7, 11) is 0. The number of carbonyl (C=O) groups is 1. The van der Waals surface area contributed by atoms with Crippen molar-refractivity contribution in [1.29, 1.82) is 0 Å². The first-order chi connectivity index (χ1) is 9.70. The number of urea groups is 1. The van der Waals surface area contributed by atoms with E-state index < -0.39 is 11.3 Å². The third kappa shape index (κ3) is 2.87. The Hall–Kier alpha value is -1.26.